The fraction of sp³-hybridized carbons (Fsp3) is 0.0909. The summed E-state index contributed by atoms with van der Waals surface area (Å²) in [6.07, 6.45) is 2.84. The Morgan fingerprint density at radius 2 is 2.29 bits per heavy atom. The molecule has 0 saturated heterocycles. The standard InChI is InChI=1S/C11H8BrNO3S/c12-10-2-1-7(17-10)6-16-9-5-13-4-3-8(9)11(14)15/h1-5H,6H2,(H,14,15). The molecular formula is C11H8BrNO3S. The van der Waals surface area contributed by atoms with Crippen LogP contribution >= 0.6 is 27.3 Å². The number of carbonyl (C=O) groups is 1. The van der Waals surface area contributed by atoms with E-state index in [2.05, 4.69) is 20.9 Å². The molecule has 0 unspecified atom stereocenters. The summed E-state index contributed by atoms with van der Waals surface area (Å²) in [5.74, 6) is -0.737. The molecule has 0 saturated carbocycles. The van der Waals surface area contributed by atoms with Crippen molar-refractivity contribution in [1.82, 2.24) is 4.98 Å². The van der Waals surface area contributed by atoms with Crippen molar-refractivity contribution >= 4 is 33.2 Å². The topological polar surface area (TPSA) is 59.4 Å². The van der Waals surface area contributed by atoms with Crippen LogP contribution in [0.3, 0.4) is 0 Å². The van der Waals surface area contributed by atoms with Crippen LogP contribution in [-0.2, 0) is 6.61 Å². The fourth-order valence-electron chi connectivity index (χ4n) is 1.25. The van der Waals surface area contributed by atoms with Crippen LogP contribution in [0.25, 0.3) is 0 Å². The molecule has 1 N–H and O–H groups in total. The van der Waals surface area contributed by atoms with E-state index in [-0.39, 0.29) is 11.3 Å². The zero-order chi connectivity index (χ0) is 12.3. The summed E-state index contributed by atoms with van der Waals surface area (Å²) >= 11 is 4.90. The van der Waals surface area contributed by atoms with Gasteiger partial charge in [0.15, 0.2) is 5.75 Å². The van der Waals surface area contributed by atoms with E-state index in [4.69, 9.17) is 9.84 Å². The van der Waals surface area contributed by atoms with Gasteiger partial charge in [-0.2, -0.15) is 0 Å². The predicted molar refractivity (Wildman–Crippen MR) is 67.5 cm³/mol. The molecule has 0 aliphatic rings. The third-order valence-electron chi connectivity index (χ3n) is 2.01. The van der Waals surface area contributed by atoms with Crippen LogP contribution in [0.15, 0.2) is 34.4 Å². The third kappa shape index (κ3) is 3.04. The molecule has 2 aromatic rings. The van der Waals surface area contributed by atoms with E-state index in [0.717, 1.165) is 8.66 Å². The number of carboxylic acids is 1. The molecule has 88 valence electrons. The van der Waals surface area contributed by atoms with E-state index < -0.39 is 5.97 Å². The van der Waals surface area contributed by atoms with Crippen molar-refractivity contribution in [3.05, 3.63) is 44.8 Å². The van der Waals surface area contributed by atoms with Crippen LogP contribution in [0, 0.1) is 0 Å². The maximum atomic E-state index is 10.9. The molecule has 0 amide bonds. The van der Waals surface area contributed by atoms with E-state index in [1.54, 1.807) is 11.3 Å². The number of halogens is 1. The molecule has 2 heterocycles. The molecule has 0 atom stereocenters. The van der Waals surface area contributed by atoms with Gasteiger partial charge in [-0.15, -0.1) is 11.3 Å². The van der Waals surface area contributed by atoms with Gasteiger partial charge >= 0.3 is 5.97 Å². The first-order chi connectivity index (χ1) is 8.16. The molecule has 0 bridgehead atoms. The summed E-state index contributed by atoms with van der Waals surface area (Å²) in [5.41, 5.74) is 0.121. The van der Waals surface area contributed by atoms with Crippen molar-refractivity contribution in [2.24, 2.45) is 0 Å². The van der Waals surface area contributed by atoms with Crippen molar-refractivity contribution in [3.8, 4) is 5.75 Å². The Labute approximate surface area is 110 Å². The maximum Gasteiger partial charge on any atom is 0.339 e. The second kappa shape index (κ2) is 5.29. The van der Waals surface area contributed by atoms with Crippen LogP contribution in [0.5, 0.6) is 5.75 Å². The minimum absolute atomic E-state index is 0.121. The van der Waals surface area contributed by atoms with Gasteiger partial charge in [0.05, 0.1) is 9.98 Å². The smallest absolute Gasteiger partial charge is 0.339 e. The van der Waals surface area contributed by atoms with Gasteiger partial charge in [-0.3, -0.25) is 4.98 Å². The third-order valence-corrected chi connectivity index (χ3v) is 3.61. The molecule has 0 spiro atoms. The molecular weight excluding hydrogens is 306 g/mol. The van der Waals surface area contributed by atoms with Gasteiger partial charge in [0, 0.05) is 11.1 Å². The molecule has 0 aliphatic heterocycles. The van der Waals surface area contributed by atoms with Crippen LogP contribution < -0.4 is 4.74 Å². The number of thiophene rings is 1. The van der Waals surface area contributed by atoms with E-state index in [0.29, 0.717) is 6.61 Å². The number of aromatic nitrogens is 1. The fourth-order valence-corrected chi connectivity index (χ4v) is 2.65. The second-order valence-corrected chi connectivity index (χ2v) is 5.72. The lowest BCUT2D eigenvalue weighted by Crippen LogP contribution is -2.03. The summed E-state index contributed by atoms with van der Waals surface area (Å²) in [4.78, 5) is 15.8. The van der Waals surface area contributed by atoms with Crippen molar-refractivity contribution in [2.75, 3.05) is 0 Å². The van der Waals surface area contributed by atoms with Gasteiger partial charge in [-0.25, -0.2) is 4.79 Å². The Bertz CT molecular complexity index is 541. The first kappa shape index (κ1) is 12.1. The van der Waals surface area contributed by atoms with Crippen LogP contribution in [0.4, 0.5) is 0 Å². The number of nitrogens with zero attached hydrogens (tertiary/aromatic N) is 1. The zero-order valence-electron chi connectivity index (χ0n) is 8.59. The SMILES string of the molecule is O=C(O)c1ccncc1OCc1ccc(Br)s1. The van der Waals surface area contributed by atoms with Gasteiger partial charge in [0.2, 0.25) is 0 Å². The van der Waals surface area contributed by atoms with Crippen LogP contribution in [0.2, 0.25) is 0 Å². The lowest BCUT2D eigenvalue weighted by Gasteiger charge is -2.06. The molecule has 0 aromatic carbocycles. The lowest BCUT2D eigenvalue weighted by molar-refractivity contribution is 0.0691. The zero-order valence-corrected chi connectivity index (χ0v) is 11.0. The molecule has 0 aliphatic carbocycles. The number of hydrogen-bond donors (Lipinski definition) is 1. The largest absolute Gasteiger partial charge is 0.486 e. The number of hydrogen-bond acceptors (Lipinski definition) is 4. The molecule has 0 fully saturated rings. The summed E-state index contributed by atoms with van der Waals surface area (Å²) in [6, 6.07) is 5.26. The Kier molecular flexibility index (Phi) is 3.75. The molecule has 2 rings (SSSR count). The monoisotopic (exact) mass is 313 g/mol. The Hall–Kier alpha value is -1.40. The maximum absolute atomic E-state index is 10.9. The molecule has 6 heteroatoms. The number of carboxylic acid groups (broad SMARTS) is 1. The average molecular weight is 314 g/mol. The van der Waals surface area contributed by atoms with Crippen molar-refractivity contribution in [2.45, 2.75) is 6.61 Å². The minimum Gasteiger partial charge on any atom is -0.486 e. The Morgan fingerprint density at radius 3 is 2.94 bits per heavy atom. The summed E-state index contributed by atoms with van der Waals surface area (Å²) in [5, 5.41) is 8.95. The first-order valence-electron chi connectivity index (χ1n) is 4.71. The Morgan fingerprint density at radius 1 is 1.47 bits per heavy atom. The van der Waals surface area contributed by atoms with Crippen LogP contribution in [0.1, 0.15) is 15.2 Å². The van der Waals surface area contributed by atoms with E-state index in [9.17, 15) is 4.79 Å². The first-order valence-corrected chi connectivity index (χ1v) is 6.32. The van der Waals surface area contributed by atoms with Gasteiger partial charge in [-0.1, -0.05) is 0 Å². The van der Waals surface area contributed by atoms with Crippen molar-refractivity contribution < 1.29 is 14.6 Å². The number of pyridine rings is 1. The normalized spacial score (nSPS) is 10.2. The number of ether oxygens (including phenoxy) is 1. The van der Waals surface area contributed by atoms with E-state index in [1.165, 1.54) is 18.5 Å². The van der Waals surface area contributed by atoms with Crippen molar-refractivity contribution in [1.29, 1.82) is 0 Å². The highest BCUT2D eigenvalue weighted by Crippen LogP contribution is 2.24. The molecule has 2 aromatic heterocycles. The Balaban J connectivity index is 2.11. The van der Waals surface area contributed by atoms with Gasteiger partial charge in [-0.05, 0) is 34.1 Å². The average Bonchev–Trinajstić information content (AvgIpc) is 2.73. The van der Waals surface area contributed by atoms with Crippen molar-refractivity contribution in [3.63, 3.8) is 0 Å². The summed E-state index contributed by atoms with van der Waals surface area (Å²) in [7, 11) is 0. The van der Waals surface area contributed by atoms with Crippen LogP contribution in [-0.4, -0.2) is 16.1 Å². The highest BCUT2D eigenvalue weighted by molar-refractivity contribution is 9.11. The minimum atomic E-state index is -1.02. The van der Waals surface area contributed by atoms with Gasteiger partial charge in [0.25, 0.3) is 0 Å². The highest BCUT2D eigenvalue weighted by Gasteiger charge is 2.11. The quantitative estimate of drug-likeness (QED) is 0.941. The number of aromatic carboxylic acids is 1. The molecule has 4 nitrogen and oxygen atoms in total. The summed E-state index contributed by atoms with van der Waals surface area (Å²) in [6.45, 7) is 0.336. The molecule has 17 heavy (non-hydrogen) atoms. The second-order valence-electron chi connectivity index (χ2n) is 3.17. The molecule has 0 radical (unpaired) electrons. The number of rotatable bonds is 4. The highest BCUT2D eigenvalue weighted by atomic mass is 79.9. The van der Waals surface area contributed by atoms with Gasteiger partial charge < -0.3 is 9.84 Å². The van der Waals surface area contributed by atoms with Gasteiger partial charge in [0.1, 0.15) is 12.2 Å². The lowest BCUT2D eigenvalue weighted by atomic mass is 10.2. The predicted octanol–water partition coefficient (Wildman–Crippen LogP) is 3.18. The van der Waals surface area contributed by atoms with E-state index in [1.807, 2.05) is 12.1 Å². The summed E-state index contributed by atoms with van der Waals surface area (Å²) < 4.78 is 6.46. The van der Waals surface area contributed by atoms with E-state index >= 15 is 0 Å².